The van der Waals surface area contributed by atoms with Crippen LogP contribution < -0.4 is 5.56 Å². The summed E-state index contributed by atoms with van der Waals surface area (Å²) in [5.41, 5.74) is 3.84. The number of H-pyrrole nitrogens is 1. The Morgan fingerprint density at radius 3 is 1.86 bits per heavy atom. The van der Waals surface area contributed by atoms with Crippen LogP contribution in [0.5, 0.6) is 0 Å². The van der Waals surface area contributed by atoms with Crippen LogP contribution in [0.15, 0.2) is 29.1 Å². The molecule has 21 heavy (non-hydrogen) atoms. The fourth-order valence-corrected chi connectivity index (χ4v) is 2.73. The largest absolute Gasteiger partial charge is 0.268 e. The third-order valence-corrected chi connectivity index (χ3v) is 3.65. The van der Waals surface area contributed by atoms with Gasteiger partial charge in [-0.1, -0.05) is 59.2 Å². The lowest BCUT2D eigenvalue weighted by Gasteiger charge is -2.27. The molecule has 0 saturated carbocycles. The average Bonchev–Trinajstić information content (AvgIpc) is 2.67. The zero-order chi connectivity index (χ0) is 16.0. The Morgan fingerprint density at radius 2 is 1.43 bits per heavy atom. The number of aryl methyl sites for hydroxylation is 1. The first kappa shape index (κ1) is 15.6. The second-order valence-electron chi connectivity index (χ2n) is 7.84. The highest BCUT2D eigenvalue weighted by Gasteiger charge is 2.32. The number of hydrogen-bond acceptors (Lipinski definition) is 1. The van der Waals surface area contributed by atoms with Crippen molar-refractivity contribution in [2.24, 2.45) is 0 Å². The van der Waals surface area contributed by atoms with Crippen LogP contribution >= 0.6 is 0 Å². The second-order valence-corrected chi connectivity index (χ2v) is 7.84. The summed E-state index contributed by atoms with van der Waals surface area (Å²) in [5, 5.41) is 3.02. The molecule has 0 atom stereocenters. The van der Waals surface area contributed by atoms with Gasteiger partial charge in [-0.25, -0.2) is 0 Å². The van der Waals surface area contributed by atoms with Crippen LogP contribution in [0.3, 0.4) is 0 Å². The first-order valence-electron chi connectivity index (χ1n) is 7.45. The van der Waals surface area contributed by atoms with Gasteiger partial charge < -0.3 is 0 Å². The van der Waals surface area contributed by atoms with E-state index in [4.69, 9.17) is 0 Å². The van der Waals surface area contributed by atoms with E-state index in [0.29, 0.717) is 0 Å². The van der Waals surface area contributed by atoms with Gasteiger partial charge in [0.05, 0.1) is 11.4 Å². The van der Waals surface area contributed by atoms with Crippen LogP contribution in [-0.2, 0) is 10.8 Å². The zero-order valence-electron chi connectivity index (χ0n) is 14.2. The smallest absolute Gasteiger partial charge is 0.268 e. The molecule has 0 unspecified atom stereocenters. The summed E-state index contributed by atoms with van der Waals surface area (Å²) < 4.78 is 1.95. The zero-order valence-corrected chi connectivity index (χ0v) is 14.2. The third-order valence-electron chi connectivity index (χ3n) is 3.65. The highest BCUT2D eigenvalue weighted by atomic mass is 16.1. The molecular weight excluding hydrogens is 260 g/mol. The molecule has 0 aliphatic rings. The Hall–Kier alpha value is -1.77. The highest BCUT2D eigenvalue weighted by Crippen LogP contribution is 2.32. The van der Waals surface area contributed by atoms with Crippen LogP contribution in [0.4, 0.5) is 0 Å². The Kier molecular flexibility index (Phi) is 3.64. The average molecular weight is 286 g/mol. The molecule has 0 fully saturated rings. The molecule has 0 saturated heterocycles. The summed E-state index contributed by atoms with van der Waals surface area (Å²) in [5.74, 6) is 0. The van der Waals surface area contributed by atoms with Crippen LogP contribution in [0.25, 0.3) is 5.69 Å². The van der Waals surface area contributed by atoms with Crippen molar-refractivity contribution in [1.29, 1.82) is 0 Å². The summed E-state index contributed by atoms with van der Waals surface area (Å²) in [6, 6.07) is 8.23. The van der Waals surface area contributed by atoms with Gasteiger partial charge in [-0.15, -0.1) is 0 Å². The third kappa shape index (κ3) is 2.97. The summed E-state index contributed by atoms with van der Waals surface area (Å²) in [6.45, 7) is 14.8. The SMILES string of the molecule is Cc1ccc(-n2[nH]c(=O)c(C(C)(C)C)c2C(C)(C)C)cc1. The summed E-state index contributed by atoms with van der Waals surface area (Å²) in [7, 11) is 0. The molecule has 0 aliphatic carbocycles. The minimum atomic E-state index is -0.188. The quantitative estimate of drug-likeness (QED) is 0.843. The highest BCUT2D eigenvalue weighted by molar-refractivity contribution is 5.41. The molecule has 0 spiro atoms. The summed E-state index contributed by atoms with van der Waals surface area (Å²) in [6.07, 6.45) is 0. The molecule has 1 heterocycles. The maximum atomic E-state index is 12.5. The van der Waals surface area contributed by atoms with Gasteiger partial charge >= 0.3 is 0 Å². The van der Waals surface area contributed by atoms with E-state index in [9.17, 15) is 4.79 Å². The van der Waals surface area contributed by atoms with E-state index in [1.165, 1.54) is 5.56 Å². The van der Waals surface area contributed by atoms with Crippen LogP contribution in [0.1, 0.15) is 58.4 Å². The molecule has 3 nitrogen and oxygen atoms in total. The lowest BCUT2D eigenvalue weighted by Crippen LogP contribution is -2.27. The van der Waals surface area contributed by atoms with Gasteiger partial charge in [0.15, 0.2) is 0 Å². The van der Waals surface area contributed by atoms with Gasteiger partial charge in [0.2, 0.25) is 0 Å². The predicted octanol–water partition coefficient (Wildman–Crippen LogP) is 4.07. The predicted molar refractivity (Wildman–Crippen MR) is 88.5 cm³/mol. The lowest BCUT2D eigenvalue weighted by atomic mass is 9.79. The molecule has 1 aromatic heterocycles. The van der Waals surface area contributed by atoms with Crippen molar-refractivity contribution in [3.63, 3.8) is 0 Å². The lowest BCUT2D eigenvalue weighted by molar-refractivity contribution is 0.505. The summed E-state index contributed by atoms with van der Waals surface area (Å²) >= 11 is 0. The molecule has 1 aromatic carbocycles. The van der Waals surface area contributed by atoms with Crippen molar-refractivity contribution in [1.82, 2.24) is 9.78 Å². The van der Waals surface area contributed by atoms with E-state index < -0.39 is 0 Å². The van der Waals surface area contributed by atoms with Gasteiger partial charge in [0.25, 0.3) is 5.56 Å². The first-order chi connectivity index (χ1) is 9.51. The Bertz CT molecular complexity index is 689. The Balaban J connectivity index is 2.79. The molecule has 1 N–H and O–H groups in total. The first-order valence-corrected chi connectivity index (χ1v) is 7.45. The standard InChI is InChI=1S/C18H26N2O/c1-12-8-10-13(11-9-12)20-15(18(5,6)7)14(16(21)19-20)17(2,3)4/h8-11H,1-7H3,(H,19,21). The van der Waals surface area contributed by atoms with Gasteiger partial charge in [0.1, 0.15) is 0 Å². The number of nitrogens with one attached hydrogen (secondary N) is 1. The molecule has 0 radical (unpaired) electrons. The van der Waals surface area contributed by atoms with Gasteiger partial charge in [-0.3, -0.25) is 14.6 Å². The molecule has 114 valence electrons. The number of benzene rings is 1. The topological polar surface area (TPSA) is 37.8 Å². The van der Waals surface area contributed by atoms with Crippen molar-refractivity contribution in [2.45, 2.75) is 59.3 Å². The van der Waals surface area contributed by atoms with Crippen molar-refractivity contribution in [3.8, 4) is 5.69 Å². The van der Waals surface area contributed by atoms with Gasteiger partial charge in [0, 0.05) is 11.0 Å². The van der Waals surface area contributed by atoms with Crippen LogP contribution in [-0.4, -0.2) is 9.78 Å². The number of aromatic amines is 1. The van der Waals surface area contributed by atoms with Crippen molar-refractivity contribution < 1.29 is 0 Å². The molecule has 3 heteroatoms. The molecule has 2 rings (SSSR count). The van der Waals surface area contributed by atoms with Gasteiger partial charge in [-0.05, 0) is 24.5 Å². The van der Waals surface area contributed by atoms with Crippen molar-refractivity contribution in [3.05, 3.63) is 51.4 Å². The Labute approximate surface area is 127 Å². The van der Waals surface area contributed by atoms with Crippen molar-refractivity contribution >= 4 is 0 Å². The molecule has 2 aromatic rings. The minimum Gasteiger partial charge on any atom is -0.268 e. The second kappa shape index (κ2) is 4.90. The monoisotopic (exact) mass is 286 g/mol. The molecule has 0 aliphatic heterocycles. The van der Waals surface area contributed by atoms with E-state index in [1.807, 2.05) is 16.8 Å². The number of nitrogens with zero attached hydrogens (tertiary/aromatic N) is 1. The number of aromatic nitrogens is 2. The van der Waals surface area contributed by atoms with Crippen LogP contribution in [0, 0.1) is 6.92 Å². The normalized spacial score (nSPS) is 12.7. The molecular formula is C18H26N2O. The number of rotatable bonds is 1. The fraction of sp³-hybridized carbons (Fsp3) is 0.500. The van der Waals surface area contributed by atoms with Crippen molar-refractivity contribution in [2.75, 3.05) is 0 Å². The fourth-order valence-electron chi connectivity index (χ4n) is 2.73. The minimum absolute atomic E-state index is 0.00741. The Morgan fingerprint density at radius 1 is 0.905 bits per heavy atom. The van der Waals surface area contributed by atoms with E-state index in [-0.39, 0.29) is 16.4 Å². The van der Waals surface area contributed by atoms with E-state index in [1.54, 1.807) is 0 Å². The van der Waals surface area contributed by atoms with Gasteiger partial charge in [-0.2, -0.15) is 0 Å². The van der Waals surface area contributed by atoms with E-state index in [0.717, 1.165) is 16.9 Å². The van der Waals surface area contributed by atoms with E-state index in [2.05, 4.69) is 65.7 Å². The van der Waals surface area contributed by atoms with E-state index >= 15 is 0 Å². The maximum Gasteiger partial charge on any atom is 0.268 e. The molecule has 0 bridgehead atoms. The number of hydrogen-bond donors (Lipinski definition) is 1. The summed E-state index contributed by atoms with van der Waals surface area (Å²) in [4.78, 5) is 12.5. The molecule has 0 amide bonds. The maximum absolute atomic E-state index is 12.5. The van der Waals surface area contributed by atoms with Crippen LogP contribution in [0.2, 0.25) is 0 Å².